The number of esters is 2. The summed E-state index contributed by atoms with van der Waals surface area (Å²) in [5, 5.41) is 0.655. The van der Waals surface area contributed by atoms with Gasteiger partial charge in [-0.1, -0.05) is 44.0 Å². The molecule has 2 N–H and O–H groups in total. The molecule has 0 radical (unpaired) electrons. The van der Waals surface area contributed by atoms with Crippen molar-refractivity contribution in [2.45, 2.75) is 26.8 Å². The van der Waals surface area contributed by atoms with Crippen molar-refractivity contribution >= 4 is 72.8 Å². The molecular formula is C26H21Br2Cl2NO5. The molecule has 0 fully saturated rings. The fourth-order valence-electron chi connectivity index (χ4n) is 3.02. The van der Waals surface area contributed by atoms with Crippen LogP contribution in [0.4, 0.5) is 0 Å². The largest absolute Gasteiger partial charge is 0.419 e. The van der Waals surface area contributed by atoms with Crippen LogP contribution in [0.25, 0.3) is 0 Å². The highest BCUT2D eigenvalue weighted by Crippen LogP contribution is 2.33. The van der Waals surface area contributed by atoms with Gasteiger partial charge in [-0.05, 0) is 91.9 Å². The number of carbonyl (C=O) groups excluding carboxylic acids is 3. The van der Waals surface area contributed by atoms with Gasteiger partial charge in [0, 0.05) is 24.6 Å². The molecule has 0 saturated carbocycles. The molecule has 3 aromatic carbocycles. The van der Waals surface area contributed by atoms with Crippen molar-refractivity contribution < 1.29 is 23.9 Å². The standard InChI is InChI=1S/C26H21Br2Cl2NO5/c1-26(2,3)23(31)22(32)13-4-9-20(35-24(33)16-11-14(29)5-7-18(16)27)21(10-13)36-25(34)17-12-15(30)6-8-19(17)28/h4-12,23H,31H2,1-3H3. The number of hydrogen-bond acceptors (Lipinski definition) is 6. The van der Waals surface area contributed by atoms with E-state index < -0.39 is 23.4 Å². The van der Waals surface area contributed by atoms with Crippen molar-refractivity contribution in [2.75, 3.05) is 0 Å². The van der Waals surface area contributed by atoms with Crippen LogP contribution in [0.5, 0.6) is 11.5 Å². The third-order valence-electron chi connectivity index (χ3n) is 5.15. The van der Waals surface area contributed by atoms with Crippen LogP contribution in [0.2, 0.25) is 10.0 Å². The van der Waals surface area contributed by atoms with Crippen molar-refractivity contribution in [1.82, 2.24) is 0 Å². The minimum absolute atomic E-state index is 0.0840. The zero-order chi connectivity index (χ0) is 26.8. The van der Waals surface area contributed by atoms with Gasteiger partial charge in [0.05, 0.1) is 17.2 Å². The summed E-state index contributed by atoms with van der Waals surface area (Å²) >= 11 is 18.6. The zero-order valence-corrected chi connectivity index (χ0v) is 24.1. The lowest BCUT2D eigenvalue weighted by Crippen LogP contribution is -2.42. The van der Waals surface area contributed by atoms with Crippen molar-refractivity contribution in [3.05, 3.63) is 90.3 Å². The quantitative estimate of drug-likeness (QED) is 0.167. The van der Waals surface area contributed by atoms with Gasteiger partial charge in [0.15, 0.2) is 17.3 Å². The van der Waals surface area contributed by atoms with Gasteiger partial charge >= 0.3 is 11.9 Å². The van der Waals surface area contributed by atoms with Crippen LogP contribution in [0, 0.1) is 5.41 Å². The average Bonchev–Trinajstić information content (AvgIpc) is 2.81. The van der Waals surface area contributed by atoms with E-state index in [-0.39, 0.29) is 34.0 Å². The number of halogens is 4. The summed E-state index contributed by atoms with van der Waals surface area (Å²) in [6.45, 7) is 5.52. The molecular weight excluding hydrogens is 637 g/mol. The lowest BCUT2D eigenvalue weighted by molar-refractivity contribution is 0.0681. The van der Waals surface area contributed by atoms with Crippen LogP contribution in [-0.4, -0.2) is 23.8 Å². The molecule has 0 spiro atoms. The maximum atomic E-state index is 13.0. The van der Waals surface area contributed by atoms with Crippen molar-refractivity contribution in [1.29, 1.82) is 0 Å². The van der Waals surface area contributed by atoms with Crippen LogP contribution in [-0.2, 0) is 0 Å². The molecule has 1 atom stereocenters. The summed E-state index contributed by atoms with van der Waals surface area (Å²) in [6.07, 6.45) is 0. The second kappa shape index (κ2) is 11.4. The zero-order valence-electron chi connectivity index (χ0n) is 19.4. The molecule has 0 aliphatic carbocycles. The monoisotopic (exact) mass is 655 g/mol. The van der Waals surface area contributed by atoms with Gasteiger partial charge < -0.3 is 15.2 Å². The third kappa shape index (κ3) is 6.75. The highest BCUT2D eigenvalue weighted by Gasteiger charge is 2.29. The molecule has 0 aromatic heterocycles. The van der Waals surface area contributed by atoms with Gasteiger partial charge in [-0.3, -0.25) is 4.79 Å². The number of ether oxygens (including phenoxy) is 2. The van der Waals surface area contributed by atoms with Crippen molar-refractivity contribution in [3.63, 3.8) is 0 Å². The SMILES string of the molecule is CC(C)(C)C(N)C(=O)c1ccc(OC(=O)c2cc(Cl)ccc2Br)c(OC(=O)c2cc(Cl)ccc2Br)c1. The summed E-state index contributed by atoms with van der Waals surface area (Å²) in [6, 6.07) is 12.6. The maximum absolute atomic E-state index is 13.0. The molecule has 10 heteroatoms. The Kier molecular flexibility index (Phi) is 9.01. The predicted molar refractivity (Wildman–Crippen MR) is 146 cm³/mol. The molecule has 0 aliphatic rings. The molecule has 0 heterocycles. The Morgan fingerprint density at radius 2 is 1.25 bits per heavy atom. The van der Waals surface area contributed by atoms with E-state index in [1.165, 1.54) is 30.3 Å². The molecule has 0 aliphatic heterocycles. The van der Waals surface area contributed by atoms with E-state index in [1.54, 1.807) is 24.3 Å². The van der Waals surface area contributed by atoms with E-state index in [0.717, 1.165) is 0 Å². The number of benzene rings is 3. The van der Waals surface area contributed by atoms with Gasteiger partial charge in [-0.2, -0.15) is 0 Å². The Labute approximate surface area is 235 Å². The van der Waals surface area contributed by atoms with Crippen molar-refractivity contribution in [3.8, 4) is 11.5 Å². The number of carbonyl (C=O) groups is 3. The summed E-state index contributed by atoms with van der Waals surface area (Å²) in [7, 11) is 0. The normalized spacial score (nSPS) is 12.1. The average molecular weight is 658 g/mol. The smallest absolute Gasteiger partial charge is 0.344 e. The predicted octanol–water partition coefficient (Wildman–Crippen LogP) is 7.51. The number of ketones is 1. The second-order valence-corrected chi connectivity index (χ2v) is 11.5. The van der Waals surface area contributed by atoms with Gasteiger partial charge in [0.1, 0.15) is 0 Å². The summed E-state index contributed by atoms with van der Waals surface area (Å²) in [5.41, 5.74) is 6.13. The number of nitrogens with two attached hydrogens (primary N) is 1. The van der Waals surface area contributed by atoms with E-state index in [1.807, 2.05) is 20.8 Å². The van der Waals surface area contributed by atoms with E-state index in [4.69, 9.17) is 38.4 Å². The lowest BCUT2D eigenvalue weighted by atomic mass is 9.83. The molecule has 0 saturated heterocycles. The second-order valence-electron chi connectivity index (χ2n) is 8.90. The van der Waals surface area contributed by atoms with Gasteiger partial charge in [0.2, 0.25) is 0 Å². The first kappa shape index (κ1) is 28.3. The van der Waals surface area contributed by atoms with E-state index in [9.17, 15) is 14.4 Å². The first-order chi connectivity index (χ1) is 16.8. The Morgan fingerprint density at radius 3 is 1.72 bits per heavy atom. The molecule has 36 heavy (non-hydrogen) atoms. The minimum atomic E-state index is -0.820. The number of rotatable bonds is 6. The highest BCUT2D eigenvalue weighted by atomic mass is 79.9. The maximum Gasteiger partial charge on any atom is 0.344 e. The van der Waals surface area contributed by atoms with Gasteiger partial charge in [-0.25, -0.2) is 9.59 Å². The van der Waals surface area contributed by atoms with E-state index in [0.29, 0.717) is 19.0 Å². The topological polar surface area (TPSA) is 95.7 Å². The molecule has 0 amide bonds. The molecule has 3 rings (SSSR count). The fraction of sp³-hybridized carbons (Fsp3) is 0.192. The van der Waals surface area contributed by atoms with Crippen molar-refractivity contribution in [2.24, 2.45) is 11.1 Å². The third-order valence-corrected chi connectivity index (χ3v) is 7.00. The van der Waals surface area contributed by atoms with Crippen LogP contribution in [0.1, 0.15) is 51.8 Å². The number of hydrogen-bond donors (Lipinski definition) is 1. The summed E-state index contributed by atoms with van der Waals surface area (Å²) < 4.78 is 12.0. The van der Waals surface area contributed by atoms with Crippen LogP contribution in [0.3, 0.4) is 0 Å². The minimum Gasteiger partial charge on any atom is -0.419 e. The Hall–Kier alpha value is -2.23. The van der Waals surface area contributed by atoms with Gasteiger partial charge in [0.25, 0.3) is 0 Å². The fourth-order valence-corrected chi connectivity index (χ4v) is 4.18. The molecule has 0 bridgehead atoms. The highest BCUT2D eigenvalue weighted by molar-refractivity contribution is 9.10. The Balaban J connectivity index is 2.03. The van der Waals surface area contributed by atoms with Crippen LogP contribution >= 0.6 is 55.1 Å². The van der Waals surface area contributed by atoms with Crippen LogP contribution in [0.15, 0.2) is 63.5 Å². The Bertz CT molecular complexity index is 1350. The number of Topliss-reactive ketones (excluding diaryl/α,β-unsaturated/α-hetero) is 1. The van der Waals surface area contributed by atoms with Crippen LogP contribution < -0.4 is 15.2 Å². The summed E-state index contributed by atoms with van der Waals surface area (Å²) in [4.78, 5) is 38.9. The van der Waals surface area contributed by atoms with Gasteiger partial charge in [-0.15, -0.1) is 0 Å². The van der Waals surface area contributed by atoms with E-state index in [2.05, 4.69) is 31.9 Å². The Morgan fingerprint density at radius 1 is 0.778 bits per heavy atom. The molecule has 6 nitrogen and oxygen atoms in total. The first-order valence-corrected chi connectivity index (χ1v) is 12.9. The molecule has 1 unspecified atom stereocenters. The van der Waals surface area contributed by atoms with E-state index >= 15 is 0 Å². The first-order valence-electron chi connectivity index (χ1n) is 10.6. The lowest BCUT2D eigenvalue weighted by Gasteiger charge is -2.25. The summed E-state index contributed by atoms with van der Waals surface area (Å²) in [5.74, 6) is -2.13. The molecule has 3 aromatic rings. The molecule has 188 valence electrons.